The molecule has 1 heterocycles. The predicted octanol–water partition coefficient (Wildman–Crippen LogP) is 5.54. The molecule has 0 fully saturated rings. The second-order valence-corrected chi connectivity index (χ2v) is 6.79. The van der Waals surface area contributed by atoms with E-state index < -0.39 is 0 Å². The predicted molar refractivity (Wildman–Crippen MR) is 90.5 cm³/mol. The van der Waals surface area contributed by atoms with Crippen LogP contribution in [0.3, 0.4) is 0 Å². The number of halogens is 1. The lowest BCUT2D eigenvalue weighted by atomic mass is 10.2. The third-order valence-corrected chi connectivity index (χ3v) is 5.05. The molecule has 3 aromatic rings. The van der Waals surface area contributed by atoms with Gasteiger partial charge in [0.25, 0.3) is 0 Å². The van der Waals surface area contributed by atoms with Gasteiger partial charge in [0.2, 0.25) is 0 Å². The zero-order chi connectivity index (χ0) is 14.1. The van der Waals surface area contributed by atoms with Crippen molar-refractivity contribution in [1.29, 1.82) is 0 Å². The standard InChI is InChI=1S/C16H15BrN2S/c1-10-7-8-13(12(17)9-10)18-11(2)16-19-14-5-3-4-6-15(14)20-16/h3-9,11,18H,1-2H3. The Balaban J connectivity index is 1.86. The molecule has 0 saturated heterocycles. The van der Waals surface area contributed by atoms with Gasteiger partial charge in [-0.15, -0.1) is 11.3 Å². The number of aryl methyl sites for hydroxylation is 1. The molecule has 1 aromatic heterocycles. The first-order valence-corrected chi connectivity index (χ1v) is 8.12. The van der Waals surface area contributed by atoms with Crippen LogP contribution >= 0.6 is 27.3 Å². The lowest BCUT2D eigenvalue weighted by Gasteiger charge is -2.14. The van der Waals surface area contributed by atoms with Gasteiger partial charge in [-0.3, -0.25) is 0 Å². The van der Waals surface area contributed by atoms with E-state index in [1.165, 1.54) is 10.3 Å². The first-order chi connectivity index (χ1) is 9.63. The average molecular weight is 347 g/mol. The number of para-hydroxylation sites is 1. The van der Waals surface area contributed by atoms with Gasteiger partial charge < -0.3 is 5.32 Å². The first kappa shape index (κ1) is 13.6. The second-order valence-electron chi connectivity index (χ2n) is 4.87. The molecule has 4 heteroatoms. The van der Waals surface area contributed by atoms with Crippen LogP contribution in [0.5, 0.6) is 0 Å². The molecule has 2 nitrogen and oxygen atoms in total. The third kappa shape index (κ3) is 2.72. The Morgan fingerprint density at radius 2 is 2.00 bits per heavy atom. The fourth-order valence-electron chi connectivity index (χ4n) is 2.11. The van der Waals surface area contributed by atoms with Crippen LogP contribution in [0.4, 0.5) is 5.69 Å². The summed E-state index contributed by atoms with van der Waals surface area (Å²) in [4.78, 5) is 4.70. The van der Waals surface area contributed by atoms with Gasteiger partial charge in [0, 0.05) is 10.2 Å². The Morgan fingerprint density at radius 3 is 2.75 bits per heavy atom. The summed E-state index contributed by atoms with van der Waals surface area (Å²) in [7, 11) is 0. The average Bonchev–Trinajstić information content (AvgIpc) is 2.86. The van der Waals surface area contributed by atoms with Crippen molar-refractivity contribution >= 4 is 43.2 Å². The number of nitrogens with zero attached hydrogens (tertiary/aromatic N) is 1. The van der Waals surface area contributed by atoms with Crippen molar-refractivity contribution in [3.8, 4) is 0 Å². The van der Waals surface area contributed by atoms with Crippen LogP contribution in [0.1, 0.15) is 23.5 Å². The van der Waals surface area contributed by atoms with Gasteiger partial charge in [-0.2, -0.15) is 0 Å². The van der Waals surface area contributed by atoms with Crippen LogP contribution in [0.2, 0.25) is 0 Å². The van der Waals surface area contributed by atoms with E-state index in [2.05, 4.69) is 71.5 Å². The quantitative estimate of drug-likeness (QED) is 0.673. The molecule has 0 radical (unpaired) electrons. The summed E-state index contributed by atoms with van der Waals surface area (Å²) in [5.74, 6) is 0. The molecule has 0 bridgehead atoms. The summed E-state index contributed by atoms with van der Waals surface area (Å²) in [6.07, 6.45) is 0. The van der Waals surface area contributed by atoms with Gasteiger partial charge in [0.05, 0.1) is 16.3 Å². The number of rotatable bonds is 3. The molecule has 3 rings (SSSR count). The zero-order valence-corrected chi connectivity index (χ0v) is 13.8. The van der Waals surface area contributed by atoms with Crippen molar-refractivity contribution < 1.29 is 0 Å². The number of aromatic nitrogens is 1. The van der Waals surface area contributed by atoms with Crippen LogP contribution in [0.15, 0.2) is 46.9 Å². The van der Waals surface area contributed by atoms with Gasteiger partial charge in [-0.25, -0.2) is 4.98 Å². The smallest absolute Gasteiger partial charge is 0.116 e. The van der Waals surface area contributed by atoms with E-state index in [1.807, 2.05) is 6.07 Å². The van der Waals surface area contributed by atoms with Crippen molar-refractivity contribution in [3.63, 3.8) is 0 Å². The fraction of sp³-hybridized carbons (Fsp3) is 0.188. The molecular weight excluding hydrogens is 332 g/mol. The molecule has 2 aromatic carbocycles. The summed E-state index contributed by atoms with van der Waals surface area (Å²) in [6, 6.07) is 14.8. The van der Waals surface area contributed by atoms with E-state index >= 15 is 0 Å². The number of hydrogen-bond acceptors (Lipinski definition) is 3. The van der Waals surface area contributed by atoms with Crippen molar-refractivity contribution in [3.05, 3.63) is 57.5 Å². The van der Waals surface area contributed by atoms with Crippen LogP contribution in [0.25, 0.3) is 10.2 Å². The Labute approximate surface area is 131 Å². The van der Waals surface area contributed by atoms with Gasteiger partial charge in [-0.1, -0.05) is 18.2 Å². The van der Waals surface area contributed by atoms with Gasteiger partial charge in [0.1, 0.15) is 5.01 Å². The van der Waals surface area contributed by atoms with E-state index in [-0.39, 0.29) is 6.04 Å². The number of hydrogen-bond donors (Lipinski definition) is 1. The highest BCUT2D eigenvalue weighted by Gasteiger charge is 2.12. The molecule has 0 saturated carbocycles. The van der Waals surface area contributed by atoms with Crippen molar-refractivity contribution in [2.45, 2.75) is 19.9 Å². The van der Waals surface area contributed by atoms with Gasteiger partial charge in [0.15, 0.2) is 0 Å². The Bertz CT molecular complexity index is 718. The van der Waals surface area contributed by atoms with E-state index in [1.54, 1.807) is 11.3 Å². The third-order valence-electron chi connectivity index (χ3n) is 3.18. The molecule has 0 aliphatic heterocycles. The molecule has 0 amide bonds. The highest BCUT2D eigenvalue weighted by atomic mass is 79.9. The highest BCUT2D eigenvalue weighted by molar-refractivity contribution is 9.10. The minimum Gasteiger partial charge on any atom is -0.375 e. The molecule has 1 atom stereocenters. The summed E-state index contributed by atoms with van der Waals surface area (Å²) in [5, 5.41) is 4.63. The minimum atomic E-state index is 0.186. The molecule has 102 valence electrons. The minimum absolute atomic E-state index is 0.186. The SMILES string of the molecule is Cc1ccc(NC(C)c2nc3ccccc3s2)c(Br)c1. The Hall–Kier alpha value is -1.39. The largest absolute Gasteiger partial charge is 0.375 e. The molecular formula is C16H15BrN2S. The van der Waals surface area contributed by atoms with Crippen molar-refractivity contribution in [2.24, 2.45) is 0 Å². The molecule has 1 N–H and O–H groups in total. The van der Waals surface area contributed by atoms with E-state index in [0.29, 0.717) is 0 Å². The lowest BCUT2D eigenvalue weighted by molar-refractivity contribution is 0.873. The number of nitrogens with one attached hydrogen (secondary N) is 1. The Morgan fingerprint density at radius 1 is 1.20 bits per heavy atom. The maximum Gasteiger partial charge on any atom is 0.116 e. The molecule has 20 heavy (non-hydrogen) atoms. The monoisotopic (exact) mass is 346 g/mol. The van der Waals surface area contributed by atoms with E-state index in [0.717, 1.165) is 20.7 Å². The van der Waals surface area contributed by atoms with E-state index in [9.17, 15) is 0 Å². The number of anilines is 1. The fourth-order valence-corrected chi connectivity index (χ4v) is 3.69. The number of thiazole rings is 1. The van der Waals surface area contributed by atoms with Crippen LogP contribution in [0, 0.1) is 6.92 Å². The zero-order valence-electron chi connectivity index (χ0n) is 11.4. The van der Waals surface area contributed by atoms with Crippen LogP contribution in [-0.2, 0) is 0 Å². The van der Waals surface area contributed by atoms with Gasteiger partial charge >= 0.3 is 0 Å². The van der Waals surface area contributed by atoms with Crippen molar-refractivity contribution in [1.82, 2.24) is 4.98 Å². The topological polar surface area (TPSA) is 24.9 Å². The summed E-state index contributed by atoms with van der Waals surface area (Å²) in [6.45, 7) is 4.23. The maximum atomic E-state index is 4.70. The second kappa shape index (κ2) is 5.54. The normalized spacial score (nSPS) is 12.6. The summed E-state index contributed by atoms with van der Waals surface area (Å²) >= 11 is 5.35. The summed E-state index contributed by atoms with van der Waals surface area (Å²) < 4.78 is 2.32. The number of benzene rings is 2. The van der Waals surface area contributed by atoms with Crippen LogP contribution < -0.4 is 5.32 Å². The highest BCUT2D eigenvalue weighted by Crippen LogP contribution is 2.31. The van der Waals surface area contributed by atoms with Gasteiger partial charge in [-0.05, 0) is 59.6 Å². The first-order valence-electron chi connectivity index (χ1n) is 6.51. The molecule has 0 aliphatic rings. The molecule has 0 aliphatic carbocycles. The molecule has 0 spiro atoms. The van der Waals surface area contributed by atoms with Crippen LogP contribution in [-0.4, -0.2) is 4.98 Å². The summed E-state index contributed by atoms with van der Waals surface area (Å²) in [5.41, 5.74) is 3.42. The maximum absolute atomic E-state index is 4.70. The molecule has 1 unspecified atom stereocenters. The number of fused-ring (bicyclic) bond motifs is 1. The lowest BCUT2D eigenvalue weighted by Crippen LogP contribution is -2.06. The van der Waals surface area contributed by atoms with E-state index in [4.69, 9.17) is 4.98 Å². The Kier molecular flexibility index (Phi) is 3.76. The van der Waals surface area contributed by atoms with Crippen molar-refractivity contribution in [2.75, 3.05) is 5.32 Å².